The first kappa shape index (κ1) is 24.0. The molecule has 4 nitrogen and oxygen atoms in total. The fraction of sp³-hybridized carbons (Fsp3) is 0.542. The summed E-state index contributed by atoms with van der Waals surface area (Å²) in [6.07, 6.45) is 13.6. The number of rotatable bonds is 16. The van der Waals surface area contributed by atoms with Crippen LogP contribution < -0.4 is 4.74 Å². The normalized spacial score (nSPS) is 10.9. The highest BCUT2D eigenvalue weighted by Crippen LogP contribution is 2.13. The average Bonchev–Trinajstić information content (AvgIpc) is 2.72. The van der Waals surface area contributed by atoms with E-state index in [-0.39, 0.29) is 5.97 Å². The van der Waals surface area contributed by atoms with Gasteiger partial charge < -0.3 is 14.2 Å². The molecule has 0 amide bonds. The third kappa shape index (κ3) is 12.3. The molecule has 0 saturated heterocycles. The van der Waals surface area contributed by atoms with E-state index in [0.717, 1.165) is 43.4 Å². The molecule has 0 fully saturated rings. The minimum Gasteiger partial charge on any atom is -0.497 e. The molecule has 0 bridgehead atoms. The lowest BCUT2D eigenvalue weighted by Gasteiger charge is -2.06. The van der Waals surface area contributed by atoms with Gasteiger partial charge in [0, 0.05) is 6.42 Å². The van der Waals surface area contributed by atoms with Crippen LogP contribution in [-0.2, 0) is 20.9 Å². The summed E-state index contributed by atoms with van der Waals surface area (Å²) in [5.41, 5.74) is 2.35. The summed E-state index contributed by atoms with van der Waals surface area (Å²) < 4.78 is 15.5. The second-order valence-electron chi connectivity index (χ2n) is 6.96. The van der Waals surface area contributed by atoms with Crippen molar-refractivity contribution in [1.29, 1.82) is 0 Å². The van der Waals surface area contributed by atoms with E-state index in [1.54, 1.807) is 7.11 Å². The van der Waals surface area contributed by atoms with Gasteiger partial charge in [-0.15, -0.1) is 0 Å². The maximum Gasteiger partial charge on any atom is 0.305 e. The first-order chi connectivity index (χ1) is 13.7. The lowest BCUT2D eigenvalue weighted by molar-refractivity contribution is -0.140. The highest BCUT2D eigenvalue weighted by molar-refractivity contribution is 5.68. The van der Waals surface area contributed by atoms with E-state index in [1.807, 2.05) is 24.3 Å². The van der Waals surface area contributed by atoms with E-state index in [2.05, 4.69) is 23.5 Å². The first-order valence-electron chi connectivity index (χ1n) is 10.2. The molecule has 1 aromatic carbocycles. The minimum atomic E-state index is -0.103. The quantitative estimate of drug-likeness (QED) is 0.198. The number of allylic oxidation sites excluding steroid dienone is 2. The molecule has 0 heterocycles. The van der Waals surface area contributed by atoms with Gasteiger partial charge >= 0.3 is 5.97 Å². The Hall–Kier alpha value is -2.07. The molecule has 0 radical (unpaired) electrons. The van der Waals surface area contributed by atoms with Crippen LogP contribution >= 0.6 is 0 Å². The zero-order valence-electron chi connectivity index (χ0n) is 17.6. The second kappa shape index (κ2) is 15.9. The highest BCUT2D eigenvalue weighted by Gasteiger charge is 1.99. The van der Waals surface area contributed by atoms with Crippen LogP contribution in [-0.4, -0.2) is 26.8 Å². The van der Waals surface area contributed by atoms with Gasteiger partial charge in [0.1, 0.15) is 5.75 Å². The molecule has 0 aliphatic rings. The molecule has 0 unspecified atom stereocenters. The van der Waals surface area contributed by atoms with Crippen LogP contribution in [0.2, 0.25) is 0 Å². The minimum absolute atomic E-state index is 0.103. The van der Waals surface area contributed by atoms with Crippen LogP contribution in [0.3, 0.4) is 0 Å². The molecular weight excluding hydrogens is 352 g/mol. The fourth-order valence-electron chi connectivity index (χ4n) is 2.76. The number of ether oxygens (including phenoxy) is 3. The molecule has 156 valence electrons. The molecule has 0 spiro atoms. The summed E-state index contributed by atoms with van der Waals surface area (Å²) in [6, 6.07) is 7.95. The van der Waals surface area contributed by atoms with Crippen molar-refractivity contribution in [3.8, 4) is 5.75 Å². The molecule has 1 rings (SSSR count). The van der Waals surface area contributed by atoms with Crippen molar-refractivity contribution in [3.63, 3.8) is 0 Å². The predicted octanol–water partition coefficient (Wildman–Crippen LogP) is 6.01. The molecule has 0 aliphatic carbocycles. The van der Waals surface area contributed by atoms with Crippen LogP contribution in [0.1, 0.15) is 63.4 Å². The number of esters is 1. The Labute approximate surface area is 170 Å². The van der Waals surface area contributed by atoms with Gasteiger partial charge in [0.05, 0.1) is 27.4 Å². The molecule has 0 aliphatic heterocycles. The summed E-state index contributed by atoms with van der Waals surface area (Å²) in [6.45, 7) is 5.44. The SMILES string of the molecule is C=C(C/C=C/CCCCCCCC(=O)OC)CCOCc1ccc(OC)cc1. The van der Waals surface area contributed by atoms with Gasteiger partial charge in [-0.25, -0.2) is 0 Å². The van der Waals surface area contributed by atoms with E-state index in [9.17, 15) is 4.79 Å². The lowest BCUT2D eigenvalue weighted by Crippen LogP contribution is -1.99. The standard InChI is InChI=1S/C24H36O4/c1-21(18-19-28-20-22-14-16-23(26-2)17-15-22)12-10-8-6-4-5-7-9-11-13-24(25)27-3/h8,10,14-17H,1,4-7,9,11-13,18-20H2,2-3H3/b10-8+. The molecule has 0 saturated carbocycles. The highest BCUT2D eigenvalue weighted by atomic mass is 16.5. The van der Waals surface area contributed by atoms with Crippen molar-refractivity contribution in [2.24, 2.45) is 0 Å². The Morgan fingerprint density at radius 3 is 2.39 bits per heavy atom. The van der Waals surface area contributed by atoms with E-state index in [1.165, 1.54) is 31.9 Å². The topological polar surface area (TPSA) is 44.8 Å². The zero-order valence-corrected chi connectivity index (χ0v) is 17.6. The van der Waals surface area contributed by atoms with Gasteiger partial charge in [0.15, 0.2) is 0 Å². The second-order valence-corrected chi connectivity index (χ2v) is 6.96. The summed E-state index contributed by atoms with van der Waals surface area (Å²) in [4.78, 5) is 11.0. The summed E-state index contributed by atoms with van der Waals surface area (Å²) >= 11 is 0. The van der Waals surface area contributed by atoms with Gasteiger partial charge in [0.25, 0.3) is 0 Å². The van der Waals surface area contributed by atoms with Crippen molar-refractivity contribution in [2.45, 2.75) is 64.4 Å². The van der Waals surface area contributed by atoms with Crippen molar-refractivity contribution in [3.05, 3.63) is 54.1 Å². The molecule has 28 heavy (non-hydrogen) atoms. The largest absolute Gasteiger partial charge is 0.497 e. The van der Waals surface area contributed by atoms with Crippen molar-refractivity contribution in [2.75, 3.05) is 20.8 Å². The molecule has 0 aromatic heterocycles. The number of unbranched alkanes of at least 4 members (excludes halogenated alkanes) is 5. The van der Waals surface area contributed by atoms with Crippen LogP contribution in [0, 0.1) is 0 Å². The van der Waals surface area contributed by atoms with Crippen LogP contribution in [0.15, 0.2) is 48.6 Å². The van der Waals surface area contributed by atoms with Gasteiger partial charge in [-0.05, 0) is 49.8 Å². The smallest absolute Gasteiger partial charge is 0.305 e. The average molecular weight is 389 g/mol. The van der Waals surface area contributed by atoms with Gasteiger partial charge in [0.2, 0.25) is 0 Å². The van der Waals surface area contributed by atoms with Crippen molar-refractivity contribution >= 4 is 5.97 Å². The third-order valence-electron chi connectivity index (χ3n) is 4.58. The zero-order chi connectivity index (χ0) is 20.5. The number of methoxy groups -OCH3 is 2. The number of hydrogen-bond acceptors (Lipinski definition) is 4. The Bertz CT molecular complexity index is 575. The van der Waals surface area contributed by atoms with E-state index in [0.29, 0.717) is 19.6 Å². The number of benzene rings is 1. The van der Waals surface area contributed by atoms with Gasteiger partial charge in [-0.1, -0.05) is 55.7 Å². The third-order valence-corrected chi connectivity index (χ3v) is 4.58. The lowest BCUT2D eigenvalue weighted by atomic mass is 10.1. The molecule has 0 N–H and O–H groups in total. The molecule has 4 heteroatoms. The van der Waals surface area contributed by atoms with Gasteiger partial charge in [-0.3, -0.25) is 4.79 Å². The maximum atomic E-state index is 11.0. The van der Waals surface area contributed by atoms with Crippen LogP contribution in [0.5, 0.6) is 5.75 Å². The van der Waals surface area contributed by atoms with Crippen LogP contribution in [0.4, 0.5) is 0 Å². The van der Waals surface area contributed by atoms with E-state index in [4.69, 9.17) is 9.47 Å². The summed E-state index contributed by atoms with van der Waals surface area (Å²) in [5, 5.41) is 0. The van der Waals surface area contributed by atoms with Crippen LogP contribution in [0.25, 0.3) is 0 Å². The Morgan fingerprint density at radius 1 is 0.964 bits per heavy atom. The Morgan fingerprint density at radius 2 is 1.68 bits per heavy atom. The van der Waals surface area contributed by atoms with Crippen molar-refractivity contribution < 1.29 is 19.0 Å². The predicted molar refractivity (Wildman–Crippen MR) is 114 cm³/mol. The summed E-state index contributed by atoms with van der Waals surface area (Å²) in [5.74, 6) is 0.761. The van der Waals surface area contributed by atoms with E-state index < -0.39 is 0 Å². The number of hydrogen-bond donors (Lipinski definition) is 0. The molecular formula is C24H36O4. The fourth-order valence-corrected chi connectivity index (χ4v) is 2.76. The number of carbonyl (C=O) groups excluding carboxylic acids is 1. The maximum absolute atomic E-state index is 11.0. The van der Waals surface area contributed by atoms with E-state index >= 15 is 0 Å². The first-order valence-corrected chi connectivity index (χ1v) is 10.2. The number of carbonyl (C=O) groups is 1. The molecule has 1 aromatic rings. The Kier molecular flexibility index (Phi) is 13.6. The Balaban J connectivity index is 1.94. The van der Waals surface area contributed by atoms with Gasteiger partial charge in [-0.2, -0.15) is 0 Å². The van der Waals surface area contributed by atoms with Crippen molar-refractivity contribution in [1.82, 2.24) is 0 Å². The molecule has 0 atom stereocenters. The monoisotopic (exact) mass is 388 g/mol. The summed E-state index contributed by atoms with van der Waals surface area (Å²) in [7, 11) is 3.11.